The van der Waals surface area contributed by atoms with E-state index >= 15 is 0 Å². The summed E-state index contributed by atoms with van der Waals surface area (Å²) in [6.07, 6.45) is 0.653. The summed E-state index contributed by atoms with van der Waals surface area (Å²) in [4.78, 5) is 30.8. The summed E-state index contributed by atoms with van der Waals surface area (Å²) in [5, 5.41) is 3.77. The van der Waals surface area contributed by atoms with Gasteiger partial charge >= 0.3 is 6.03 Å². The van der Waals surface area contributed by atoms with Gasteiger partial charge in [0, 0.05) is 23.0 Å². The van der Waals surface area contributed by atoms with Crippen molar-refractivity contribution in [3.8, 4) is 11.5 Å². The molecule has 3 aromatic carbocycles. The lowest BCUT2D eigenvalue weighted by molar-refractivity contribution is 0.209. The third-order valence-corrected chi connectivity index (χ3v) is 5.88. The monoisotopic (exact) mass is 471 g/mol. The number of benzene rings is 3. The summed E-state index contributed by atoms with van der Waals surface area (Å²) in [7, 11) is 3.16. The number of para-hydroxylation sites is 2. The lowest BCUT2D eigenvalue weighted by Gasteiger charge is -2.24. The Labute approximate surface area is 204 Å². The van der Waals surface area contributed by atoms with Crippen molar-refractivity contribution < 1.29 is 14.3 Å². The Hall–Kier alpha value is -4.26. The fraction of sp³-hybridized carbons (Fsp3) is 0.214. The van der Waals surface area contributed by atoms with Crippen LogP contribution in [0.2, 0.25) is 0 Å². The number of carbonyl (C=O) groups excluding carboxylic acids is 1. The third-order valence-electron chi connectivity index (χ3n) is 5.88. The molecule has 0 bridgehead atoms. The summed E-state index contributed by atoms with van der Waals surface area (Å²) in [6, 6.07) is 22.4. The molecule has 1 heterocycles. The number of amides is 2. The molecular weight excluding hydrogens is 442 g/mol. The van der Waals surface area contributed by atoms with Gasteiger partial charge in [-0.05, 0) is 55.3 Å². The zero-order valence-corrected chi connectivity index (χ0v) is 20.1. The van der Waals surface area contributed by atoms with Crippen molar-refractivity contribution >= 4 is 22.6 Å². The predicted octanol–water partition coefficient (Wildman–Crippen LogP) is 5.13. The highest BCUT2D eigenvalue weighted by Gasteiger charge is 2.18. The molecule has 0 saturated heterocycles. The van der Waals surface area contributed by atoms with Crippen molar-refractivity contribution in [2.45, 2.75) is 19.9 Å². The van der Waals surface area contributed by atoms with Crippen molar-refractivity contribution in [1.29, 1.82) is 0 Å². The van der Waals surface area contributed by atoms with Crippen LogP contribution < -0.4 is 20.3 Å². The van der Waals surface area contributed by atoms with Crippen molar-refractivity contribution in [2.75, 3.05) is 26.1 Å². The minimum atomic E-state index is -0.313. The summed E-state index contributed by atoms with van der Waals surface area (Å²) < 4.78 is 10.7. The number of ether oxygens (including phenoxy) is 2. The molecule has 1 aromatic heterocycles. The van der Waals surface area contributed by atoms with Gasteiger partial charge < -0.3 is 24.7 Å². The van der Waals surface area contributed by atoms with Crippen LogP contribution in [0.4, 0.5) is 10.5 Å². The van der Waals surface area contributed by atoms with Crippen molar-refractivity contribution in [1.82, 2.24) is 9.88 Å². The van der Waals surface area contributed by atoms with E-state index in [-0.39, 0.29) is 18.1 Å². The van der Waals surface area contributed by atoms with E-state index in [1.807, 2.05) is 55.5 Å². The zero-order valence-electron chi connectivity index (χ0n) is 20.1. The van der Waals surface area contributed by atoms with E-state index < -0.39 is 0 Å². The van der Waals surface area contributed by atoms with Gasteiger partial charge in [-0.15, -0.1) is 0 Å². The largest absolute Gasteiger partial charge is 0.497 e. The predicted molar refractivity (Wildman–Crippen MR) is 138 cm³/mol. The number of methoxy groups -OCH3 is 2. The van der Waals surface area contributed by atoms with Crippen LogP contribution in [0.3, 0.4) is 0 Å². The first-order valence-electron chi connectivity index (χ1n) is 11.4. The molecule has 0 aliphatic carbocycles. The number of H-pyrrole nitrogens is 1. The second-order valence-corrected chi connectivity index (χ2v) is 8.37. The van der Waals surface area contributed by atoms with Crippen LogP contribution in [-0.2, 0) is 13.0 Å². The van der Waals surface area contributed by atoms with Crippen LogP contribution in [0.5, 0.6) is 11.5 Å². The Kier molecular flexibility index (Phi) is 7.35. The third kappa shape index (κ3) is 5.81. The Bertz CT molecular complexity index is 1400. The fourth-order valence-corrected chi connectivity index (χ4v) is 4.01. The van der Waals surface area contributed by atoms with Crippen LogP contribution in [0.25, 0.3) is 10.9 Å². The minimum Gasteiger partial charge on any atom is -0.497 e. The number of fused-ring (bicyclic) bond motifs is 1. The Morgan fingerprint density at radius 1 is 0.971 bits per heavy atom. The van der Waals surface area contributed by atoms with Gasteiger partial charge in [0.15, 0.2) is 0 Å². The molecule has 0 saturated carbocycles. The summed E-state index contributed by atoms with van der Waals surface area (Å²) >= 11 is 0. The van der Waals surface area contributed by atoms with Gasteiger partial charge in [0.2, 0.25) is 0 Å². The Balaban J connectivity index is 1.63. The normalized spacial score (nSPS) is 10.7. The minimum absolute atomic E-state index is 0.148. The molecule has 7 nitrogen and oxygen atoms in total. The molecule has 0 aliphatic rings. The topological polar surface area (TPSA) is 83.7 Å². The van der Waals surface area contributed by atoms with Gasteiger partial charge in [0.05, 0.1) is 26.5 Å². The number of rotatable bonds is 8. The SMILES string of the molecule is COc1ccc2[nH]c(=O)c(CN(CCc3cccc(C)c3)C(=O)Nc3ccccc3OC)cc2c1. The molecule has 4 rings (SSSR count). The molecule has 7 heteroatoms. The van der Waals surface area contributed by atoms with Crippen LogP contribution in [0.1, 0.15) is 16.7 Å². The van der Waals surface area contributed by atoms with E-state index in [0.717, 1.165) is 16.5 Å². The number of urea groups is 1. The van der Waals surface area contributed by atoms with E-state index in [1.54, 1.807) is 37.3 Å². The molecule has 180 valence electrons. The van der Waals surface area contributed by atoms with Crippen LogP contribution in [-0.4, -0.2) is 36.7 Å². The molecule has 0 spiro atoms. The van der Waals surface area contributed by atoms with Crippen LogP contribution in [0, 0.1) is 6.92 Å². The number of nitrogens with one attached hydrogen (secondary N) is 2. The lowest BCUT2D eigenvalue weighted by atomic mass is 10.1. The molecule has 0 unspecified atom stereocenters. The Morgan fingerprint density at radius 3 is 2.57 bits per heavy atom. The molecule has 0 atom stereocenters. The van der Waals surface area contributed by atoms with E-state index in [0.29, 0.717) is 41.2 Å². The number of pyridine rings is 1. The summed E-state index contributed by atoms with van der Waals surface area (Å²) in [6.45, 7) is 2.62. The highest BCUT2D eigenvalue weighted by molar-refractivity contribution is 5.91. The maximum absolute atomic E-state index is 13.4. The molecule has 2 N–H and O–H groups in total. The maximum atomic E-state index is 13.4. The summed E-state index contributed by atoms with van der Waals surface area (Å²) in [5.41, 5.74) is 3.82. The number of hydrogen-bond acceptors (Lipinski definition) is 4. The molecule has 35 heavy (non-hydrogen) atoms. The van der Waals surface area contributed by atoms with Crippen molar-refractivity contribution in [3.05, 3.63) is 99.8 Å². The first-order valence-corrected chi connectivity index (χ1v) is 11.4. The maximum Gasteiger partial charge on any atom is 0.322 e. The van der Waals surface area contributed by atoms with Gasteiger partial charge in [-0.1, -0.05) is 42.0 Å². The quantitative estimate of drug-likeness (QED) is 0.373. The average molecular weight is 472 g/mol. The van der Waals surface area contributed by atoms with E-state index in [4.69, 9.17) is 9.47 Å². The van der Waals surface area contributed by atoms with Gasteiger partial charge in [0.1, 0.15) is 11.5 Å². The Morgan fingerprint density at radius 2 is 1.80 bits per heavy atom. The van der Waals surface area contributed by atoms with Gasteiger partial charge in [-0.3, -0.25) is 4.79 Å². The number of nitrogens with zero attached hydrogens (tertiary/aromatic N) is 1. The molecular formula is C28H29N3O4. The molecule has 0 aliphatic heterocycles. The lowest BCUT2D eigenvalue weighted by Crippen LogP contribution is -2.37. The summed E-state index contributed by atoms with van der Waals surface area (Å²) in [5.74, 6) is 1.26. The van der Waals surface area contributed by atoms with E-state index in [1.165, 1.54) is 0 Å². The van der Waals surface area contributed by atoms with Crippen LogP contribution >= 0.6 is 0 Å². The number of aromatic amines is 1. The fourth-order valence-electron chi connectivity index (χ4n) is 4.01. The smallest absolute Gasteiger partial charge is 0.322 e. The first-order chi connectivity index (χ1) is 17.0. The zero-order chi connectivity index (χ0) is 24.8. The standard InChI is InChI=1S/C28H29N3O4/c1-19-7-6-8-20(15-19)13-14-31(28(33)30-25-9-4-5-10-26(25)35-3)18-22-16-21-17-23(34-2)11-12-24(21)29-27(22)32/h4-12,15-17H,13-14,18H2,1-3H3,(H,29,32)(H,30,33). The second-order valence-electron chi connectivity index (χ2n) is 8.37. The molecule has 0 fully saturated rings. The highest BCUT2D eigenvalue weighted by atomic mass is 16.5. The van der Waals surface area contributed by atoms with Crippen molar-refractivity contribution in [2.24, 2.45) is 0 Å². The second kappa shape index (κ2) is 10.8. The number of hydrogen-bond donors (Lipinski definition) is 2. The van der Waals surface area contributed by atoms with Gasteiger partial charge in [-0.25, -0.2) is 4.79 Å². The van der Waals surface area contributed by atoms with Crippen LogP contribution in [0.15, 0.2) is 77.6 Å². The number of carbonyl (C=O) groups is 1. The number of aryl methyl sites for hydroxylation is 1. The molecule has 4 aromatic rings. The highest BCUT2D eigenvalue weighted by Crippen LogP contribution is 2.24. The van der Waals surface area contributed by atoms with Gasteiger partial charge in [-0.2, -0.15) is 0 Å². The van der Waals surface area contributed by atoms with E-state index in [2.05, 4.69) is 16.4 Å². The number of aromatic nitrogens is 1. The van der Waals surface area contributed by atoms with Gasteiger partial charge in [0.25, 0.3) is 5.56 Å². The number of anilines is 1. The molecule has 0 radical (unpaired) electrons. The average Bonchev–Trinajstić information content (AvgIpc) is 2.86. The van der Waals surface area contributed by atoms with E-state index in [9.17, 15) is 9.59 Å². The molecule has 2 amide bonds. The first kappa shape index (κ1) is 23.9. The van der Waals surface area contributed by atoms with Crippen molar-refractivity contribution in [3.63, 3.8) is 0 Å².